The molecule has 1 aliphatic rings. The average Bonchev–Trinajstić information content (AvgIpc) is 2.37. The fourth-order valence-electron chi connectivity index (χ4n) is 2.28. The number of benzene rings is 1. The Morgan fingerprint density at radius 3 is 2.76 bits per heavy atom. The van der Waals surface area contributed by atoms with E-state index in [1.807, 2.05) is 0 Å². The van der Waals surface area contributed by atoms with Crippen LogP contribution in [0.3, 0.4) is 0 Å². The van der Waals surface area contributed by atoms with Gasteiger partial charge in [-0.3, -0.25) is 0 Å². The lowest BCUT2D eigenvalue weighted by molar-refractivity contribution is 0.228. The van der Waals surface area contributed by atoms with Crippen LogP contribution in [0.2, 0.25) is 0 Å². The lowest BCUT2D eigenvalue weighted by Crippen LogP contribution is -2.45. The van der Waals surface area contributed by atoms with Gasteiger partial charge in [-0.05, 0) is 17.7 Å². The molecule has 1 aromatic rings. The molecule has 0 saturated carbocycles. The van der Waals surface area contributed by atoms with E-state index >= 15 is 0 Å². The van der Waals surface area contributed by atoms with Crippen LogP contribution in [-0.2, 0) is 0 Å². The third-order valence-corrected chi connectivity index (χ3v) is 3.79. The van der Waals surface area contributed by atoms with Gasteiger partial charge < -0.3 is 16.0 Å². The van der Waals surface area contributed by atoms with Crippen molar-refractivity contribution in [3.8, 4) is 0 Å². The van der Waals surface area contributed by atoms with Gasteiger partial charge >= 0.3 is 0 Å². The summed E-state index contributed by atoms with van der Waals surface area (Å²) in [6.45, 7) is 6.22. The van der Waals surface area contributed by atoms with Crippen molar-refractivity contribution in [2.45, 2.75) is 5.92 Å². The Morgan fingerprint density at radius 2 is 2.12 bits per heavy atom. The number of halogens is 1. The van der Waals surface area contributed by atoms with Gasteiger partial charge in [-0.25, -0.2) is 0 Å². The first-order valence-corrected chi connectivity index (χ1v) is 6.97. The number of nitrogens with two attached hydrogens (primary N) is 1. The van der Waals surface area contributed by atoms with Gasteiger partial charge in [0.1, 0.15) is 0 Å². The summed E-state index contributed by atoms with van der Waals surface area (Å²) in [5.74, 6) is 0.436. The van der Waals surface area contributed by atoms with Crippen molar-refractivity contribution in [1.29, 1.82) is 0 Å². The zero-order valence-corrected chi connectivity index (χ0v) is 11.6. The maximum atomic E-state index is 5.91. The van der Waals surface area contributed by atoms with Crippen molar-refractivity contribution >= 4 is 15.9 Å². The molecular weight excluding hydrogens is 278 g/mol. The van der Waals surface area contributed by atoms with Crippen LogP contribution in [0.25, 0.3) is 0 Å². The Bertz CT molecular complexity index is 350. The lowest BCUT2D eigenvalue weighted by atomic mass is 9.98. The van der Waals surface area contributed by atoms with Crippen molar-refractivity contribution in [2.24, 2.45) is 5.73 Å². The molecule has 1 aromatic carbocycles. The Labute approximate surface area is 111 Å². The standard InChI is InChI=1S/C13H20BrN3/c14-13-3-1-2-11(8-13)12(9-15)10-17-6-4-16-5-7-17/h1-3,8,12,16H,4-7,9-10,15H2. The highest BCUT2D eigenvalue weighted by Gasteiger charge is 2.16. The lowest BCUT2D eigenvalue weighted by Gasteiger charge is -2.30. The van der Waals surface area contributed by atoms with E-state index in [1.165, 1.54) is 5.56 Å². The first kappa shape index (κ1) is 13.0. The normalized spacial score (nSPS) is 19.2. The number of nitrogens with one attached hydrogen (secondary N) is 1. The quantitative estimate of drug-likeness (QED) is 0.883. The topological polar surface area (TPSA) is 41.3 Å². The van der Waals surface area contributed by atoms with Gasteiger partial charge in [0, 0.05) is 49.7 Å². The summed E-state index contributed by atoms with van der Waals surface area (Å²) in [7, 11) is 0. The van der Waals surface area contributed by atoms with E-state index in [2.05, 4.69) is 50.4 Å². The fourth-order valence-corrected chi connectivity index (χ4v) is 2.70. The van der Waals surface area contributed by atoms with E-state index in [0.29, 0.717) is 12.5 Å². The van der Waals surface area contributed by atoms with E-state index in [-0.39, 0.29) is 0 Å². The van der Waals surface area contributed by atoms with Gasteiger partial charge in [-0.2, -0.15) is 0 Å². The van der Waals surface area contributed by atoms with Crippen molar-refractivity contribution < 1.29 is 0 Å². The summed E-state index contributed by atoms with van der Waals surface area (Å²) < 4.78 is 1.13. The van der Waals surface area contributed by atoms with E-state index < -0.39 is 0 Å². The molecule has 0 amide bonds. The van der Waals surface area contributed by atoms with Gasteiger partial charge in [-0.1, -0.05) is 28.1 Å². The molecule has 3 N–H and O–H groups in total. The second kappa shape index (κ2) is 6.50. The Kier molecular flexibility index (Phi) is 4.98. The van der Waals surface area contributed by atoms with Gasteiger partial charge in [0.25, 0.3) is 0 Å². The zero-order chi connectivity index (χ0) is 12.1. The van der Waals surface area contributed by atoms with Gasteiger partial charge in [-0.15, -0.1) is 0 Å². The van der Waals surface area contributed by atoms with Crippen LogP contribution in [0.4, 0.5) is 0 Å². The maximum Gasteiger partial charge on any atom is 0.0178 e. The molecule has 4 heteroatoms. The molecular formula is C13H20BrN3. The fraction of sp³-hybridized carbons (Fsp3) is 0.538. The van der Waals surface area contributed by atoms with Crippen molar-refractivity contribution in [2.75, 3.05) is 39.3 Å². The van der Waals surface area contributed by atoms with E-state index in [0.717, 1.165) is 37.2 Å². The largest absolute Gasteiger partial charge is 0.330 e. The molecule has 1 unspecified atom stereocenters. The van der Waals surface area contributed by atoms with E-state index in [1.54, 1.807) is 0 Å². The highest BCUT2D eigenvalue weighted by molar-refractivity contribution is 9.10. The van der Waals surface area contributed by atoms with Gasteiger partial charge in [0.15, 0.2) is 0 Å². The van der Waals surface area contributed by atoms with Gasteiger partial charge in [0.2, 0.25) is 0 Å². The molecule has 0 spiro atoms. The number of piperazine rings is 1. The number of nitrogens with zero attached hydrogens (tertiary/aromatic N) is 1. The third kappa shape index (κ3) is 3.78. The zero-order valence-electron chi connectivity index (χ0n) is 10.0. The van der Waals surface area contributed by atoms with Crippen LogP contribution in [0.5, 0.6) is 0 Å². The van der Waals surface area contributed by atoms with Crippen LogP contribution in [0.1, 0.15) is 11.5 Å². The molecule has 1 atom stereocenters. The van der Waals surface area contributed by atoms with Crippen LogP contribution in [0.15, 0.2) is 28.7 Å². The third-order valence-electron chi connectivity index (χ3n) is 3.29. The van der Waals surface area contributed by atoms with Gasteiger partial charge in [0.05, 0.1) is 0 Å². The van der Waals surface area contributed by atoms with Crippen LogP contribution in [-0.4, -0.2) is 44.2 Å². The van der Waals surface area contributed by atoms with E-state index in [4.69, 9.17) is 5.73 Å². The SMILES string of the molecule is NCC(CN1CCNCC1)c1cccc(Br)c1. The minimum Gasteiger partial charge on any atom is -0.330 e. The minimum absolute atomic E-state index is 0.436. The first-order valence-electron chi connectivity index (χ1n) is 6.18. The summed E-state index contributed by atoms with van der Waals surface area (Å²) in [5, 5.41) is 3.37. The van der Waals surface area contributed by atoms with Crippen LogP contribution >= 0.6 is 15.9 Å². The molecule has 0 aliphatic carbocycles. The van der Waals surface area contributed by atoms with Crippen molar-refractivity contribution in [3.05, 3.63) is 34.3 Å². The first-order chi connectivity index (χ1) is 8.29. The molecule has 1 aliphatic heterocycles. The van der Waals surface area contributed by atoms with Crippen molar-refractivity contribution in [1.82, 2.24) is 10.2 Å². The number of rotatable bonds is 4. The molecule has 2 rings (SSSR count). The summed E-state index contributed by atoms with van der Waals surface area (Å²) in [6.07, 6.45) is 0. The Hall–Kier alpha value is -0.420. The minimum atomic E-state index is 0.436. The maximum absolute atomic E-state index is 5.91. The van der Waals surface area contributed by atoms with E-state index in [9.17, 15) is 0 Å². The Morgan fingerprint density at radius 1 is 1.35 bits per heavy atom. The predicted molar refractivity (Wildman–Crippen MR) is 75.2 cm³/mol. The highest BCUT2D eigenvalue weighted by atomic mass is 79.9. The summed E-state index contributed by atoms with van der Waals surface area (Å²) in [4.78, 5) is 2.49. The summed E-state index contributed by atoms with van der Waals surface area (Å²) in [5.41, 5.74) is 7.25. The molecule has 0 aromatic heterocycles. The second-order valence-corrected chi connectivity index (χ2v) is 5.45. The molecule has 1 fully saturated rings. The molecule has 0 bridgehead atoms. The number of hydrogen-bond acceptors (Lipinski definition) is 3. The van der Waals surface area contributed by atoms with Crippen LogP contribution < -0.4 is 11.1 Å². The highest BCUT2D eigenvalue weighted by Crippen LogP contribution is 2.20. The summed E-state index contributed by atoms with van der Waals surface area (Å²) in [6, 6.07) is 8.49. The predicted octanol–water partition coefficient (Wildman–Crippen LogP) is 1.40. The molecule has 17 heavy (non-hydrogen) atoms. The smallest absolute Gasteiger partial charge is 0.0178 e. The summed E-state index contributed by atoms with van der Waals surface area (Å²) >= 11 is 3.52. The van der Waals surface area contributed by atoms with Crippen LogP contribution in [0, 0.1) is 0 Å². The monoisotopic (exact) mass is 297 g/mol. The molecule has 1 heterocycles. The molecule has 1 saturated heterocycles. The molecule has 94 valence electrons. The molecule has 3 nitrogen and oxygen atoms in total. The number of hydrogen-bond donors (Lipinski definition) is 2. The average molecular weight is 298 g/mol. The Balaban J connectivity index is 2.00. The van der Waals surface area contributed by atoms with Crippen molar-refractivity contribution in [3.63, 3.8) is 0 Å². The molecule has 0 radical (unpaired) electrons. The second-order valence-electron chi connectivity index (χ2n) is 4.54.